The second kappa shape index (κ2) is 11.0. The Kier molecular flexibility index (Phi) is 7.59. The number of alkyl halides is 3. The molecule has 2 aromatic heterocycles. The molecule has 2 N–H and O–H groups in total. The van der Waals surface area contributed by atoms with E-state index in [2.05, 4.69) is 25.4 Å². The second-order valence-electron chi connectivity index (χ2n) is 7.88. The van der Waals surface area contributed by atoms with E-state index in [9.17, 15) is 23.2 Å². The van der Waals surface area contributed by atoms with Crippen LogP contribution < -0.4 is 10.1 Å². The quantitative estimate of drug-likeness (QED) is 0.472. The van der Waals surface area contributed by atoms with Crippen LogP contribution in [0.15, 0.2) is 36.9 Å². The number of rotatable bonds is 8. The van der Waals surface area contributed by atoms with Gasteiger partial charge in [0.1, 0.15) is 37.4 Å². The third-order valence-corrected chi connectivity index (χ3v) is 5.39. The van der Waals surface area contributed by atoms with E-state index in [-0.39, 0.29) is 42.6 Å². The van der Waals surface area contributed by atoms with Crippen molar-refractivity contribution >= 4 is 17.5 Å². The van der Waals surface area contributed by atoms with Gasteiger partial charge in [-0.15, -0.1) is 0 Å². The Hall–Kier alpha value is -4.25. The maximum Gasteiger partial charge on any atom is 0.257 e. The van der Waals surface area contributed by atoms with Gasteiger partial charge in [0.15, 0.2) is 12.0 Å². The van der Waals surface area contributed by atoms with Gasteiger partial charge in [-0.1, -0.05) is 0 Å². The predicted octanol–water partition coefficient (Wildman–Crippen LogP) is 1.93. The number of benzene rings is 1. The Labute approximate surface area is 203 Å². The molecule has 1 amide bonds. The first-order valence-corrected chi connectivity index (χ1v) is 10.9. The van der Waals surface area contributed by atoms with E-state index in [0.29, 0.717) is 11.3 Å². The lowest BCUT2D eigenvalue weighted by molar-refractivity contribution is -0.138. The van der Waals surface area contributed by atoms with Crippen molar-refractivity contribution in [2.75, 3.05) is 25.0 Å². The van der Waals surface area contributed by atoms with E-state index < -0.39 is 37.8 Å². The second-order valence-corrected chi connectivity index (χ2v) is 7.88. The lowest BCUT2D eigenvalue weighted by Gasteiger charge is -2.34. The molecule has 0 aliphatic carbocycles. The third kappa shape index (κ3) is 5.87. The highest BCUT2D eigenvalue weighted by Crippen LogP contribution is 2.28. The van der Waals surface area contributed by atoms with Gasteiger partial charge in [-0.2, -0.15) is 15.3 Å². The van der Waals surface area contributed by atoms with Gasteiger partial charge < -0.3 is 20.1 Å². The molecular formula is C22H21F3N8O3. The summed E-state index contributed by atoms with van der Waals surface area (Å²) in [6, 6.07) is 6.62. The first-order valence-electron chi connectivity index (χ1n) is 10.9. The molecule has 2 atom stereocenters. The fourth-order valence-electron chi connectivity index (χ4n) is 3.66. The number of likely N-dealkylation sites (tertiary alicyclic amines) is 1. The van der Waals surface area contributed by atoms with Gasteiger partial charge in [0.25, 0.3) is 6.43 Å². The first-order chi connectivity index (χ1) is 17.4. The monoisotopic (exact) mass is 502 g/mol. The fourth-order valence-corrected chi connectivity index (χ4v) is 3.66. The molecule has 1 unspecified atom stereocenters. The summed E-state index contributed by atoms with van der Waals surface area (Å²) < 4.78 is 46.4. The molecule has 1 aliphatic rings. The van der Waals surface area contributed by atoms with Crippen LogP contribution in [0, 0.1) is 11.3 Å². The predicted molar refractivity (Wildman–Crippen MR) is 119 cm³/mol. The van der Waals surface area contributed by atoms with E-state index >= 15 is 0 Å². The van der Waals surface area contributed by atoms with Gasteiger partial charge in [-0.25, -0.2) is 23.1 Å². The number of aromatic nitrogens is 5. The van der Waals surface area contributed by atoms with Crippen molar-refractivity contribution in [3.05, 3.63) is 42.5 Å². The van der Waals surface area contributed by atoms with E-state index in [4.69, 9.17) is 9.84 Å². The number of carbonyl (C=O) groups excluding carboxylic acids is 1. The molecule has 0 spiro atoms. The van der Waals surface area contributed by atoms with Gasteiger partial charge >= 0.3 is 0 Å². The molecule has 1 aromatic carbocycles. The topological polar surface area (TPSA) is 142 Å². The summed E-state index contributed by atoms with van der Waals surface area (Å²) in [5.74, 6) is -0.00402. The molecule has 1 saturated heterocycles. The summed E-state index contributed by atoms with van der Waals surface area (Å²) >= 11 is 0. The number of hydrogen-bond donors (Lipinski definition) is 2. The van der Waals surface area contributed by atoms with Crippen molar-refractivity contribution in [1.82, 2.24) is 29.6 Å². The summed E-state index contributed by atoms with van der Waals surface area (Å²) in [5.41, 5.74) is 1.01. The van der Waals surface area contributed by atoms with Crippen molar-refractivity contribution in [3.8, 4) is 23.2 Å². The molecule has 14 heteroatoms. The fraction of sp³-hybridized carbons (Fsp3) is 0.364. The standard InChI is InChI=1S/C22H21F3N8O3/c23-16-9-32(20(35)11-34)4-3-18(16)36-17-2-1-13(5-14(17)6-26)21-27-12-28-22(31-21)30-15-7-29-33(8-15)10-19(24)25/h1-2,5,7-8,12,16,18-19,34H,3-4,9-11H2,(H,27,28,30,31)/t16?,18-/m0/s1. The Morgan fingerprint density at radius 2 is 2.19 bits per heavy atom. The number of hydrogen-bond acceptors (Lipinski definition) is 9. The molecule has 188 valence electrons. The molecule has 3 heterocycles. The van der Waals surface area contributed by atoms with Gasteiger partial charge in [-0.05, 0) is 18.2 Å². The third-order valence-electron chi connectivity index (χ3n) is 5.39. The van der Waals surface area contributed by atoms with Crippen molar-refractivity contribution in [1.29, 1.82) is 5.26 Å². The minimum Gasteiger partial charge on any atom is -0.486 e. The number of aliphatic hydroxyl groups excluding tert-OH is 1. The number of amides is 1. The van der Waals surface area contributed by atoms with Crippen LogP contribution in [0.5, 0.6) is 5.75 Å². The highest BCUT2D eigenvalue weighted by Gasteiger charge is 2.33. The Balaban J connectivity index is 1.46. The number of nitrogens with one attached hydrogen (secondary N) is 1. The number of ether oxygens (including phenoxy) is 1. The number of piperidine rings is 1. The van der Waals surface area contributed by atoms with Crippen LogP contribution in [0.1, 0.15) is 12.0 Å². The lowest BCUT2D eigenvalue weighted by atomic mass is 10.0. The Morgan fingerprint density at radius 3 is 2.92 bits per heavy atom. The zero-order valence-corrected chi connectivity index (χ0v) is 18.8. The molecule has 4 rings (SSSR count). The number of nitrogens with zero attached hydrogens (tertiary/aromatic N) is 7. The molecule has 0 saturated carbocycles. The number of aliphatic hydroxyl groups is 1. The molecule has 1 fully saturated rings. The summed E-state index contributed by atoms with van der Waals surface area (Å²) in [6.07, 6.45) is -0.684. The van der Waals surface area contributed by atoms with Crippen molar-refractivity contribution in [2.24, 2.45) is 0 Å². The number of anilines is 2. The van der Waals surface area contributed by atoms with Crippen LogP contribution in [0.3, 0.4) is 0 Å². The van der Waals surface area contributed by atoms with Crippen LogP contribution in [0.25, 0.3) is 11.4 Å². The van der Waals surface area contributed by atoms with E-state index in [1.165, 1.54) is 35.8 Å². The normalized spacial score (nSPS) is 17.6. The van der Waals surface area contributed by atoms with Crippen LogP contribution in [0.2, 0.25) is 0 Å². The molecule has 0 bridgehead atoms. The molecule has 1 aliphatic heterocycles. The first kappa shape index (κ1) is 24.9. The average Bonchev–Trinajstić information content (AvgIpc) is 3.30. The van der Waals surface area contributed by atoms with Crippen LogP contribution >= 0.6 is 0 Å². The number of halogens is 3. The summed E-state index contributed by atoms with van der Waals surface area (Å²) in [7, 11) is 0. The van der Waals surface area contributed by atoms with Crippen molar-refractivity contribution in [3.63, 3.8) is 0 Å². The minimum atomic E-state index is -2.54. The van der Waals surface area contributed by atoms with Crippen molar-refractivity contribution < 1.29 is 27.8 Å². The summed E-state index contributed by atoms with van der Waals surface area (Å²) in [4.78, 5) is 25.2. The zero-order valence-electron chi connectivity index (χ0n) is 18.8. The molecule has 36 heavy (non-hydrogen) atoms. The maximum absolute atomic E-state index is 14.6. The van der Waals surface area contributed by atoms with Gasteiger partial charge in [-0.3, -0.25) is 9.48 Å². The van der Waals surface area contributed by atoms with Crippen LogP contribution in [0.4, 0.5) is 24.8 Å². The SMILES string of the molecule is N#Cc1cc(-c2ncnc(Nc3cnn(CC(F)F)c3)n2)ccc1O[C@H]1CCN(C(=O)CO)CC1F. The van der Waals surface area contributed by atoms with E-state index in [1.807, 2.05) is 6.07 Å². The maximum atomic E-state index is 14.6. The Morgan fingerprint density at radius 1 is 1.36 bits per heavy atom. The van der Waals surface area contributed by atoms with E-state index in [1.54, 1.807) is 6.07 Å². The largest absolute Gasteiger partial charge is 0.486 e. The van der Waals surface area contributed by atoms with Crippen LogP contribution in [-0.2, 0) is 11.3 Å². The highest BCUT2D eigenvalue weighted by molar-refractivity contribution is 5.77. The van der Waals surface area contributed by atoms with Gasteiger partial charge in [0.05, 0.1) is 24.0 Å². The van der Waals surface area contributed by atoms with Crippen molar-refractivity contribution in [2.45, 2.75) is 31.7 Å². The molecule has 3 aromatic rings. The minimum absolute atomic E-state index is 0.136. The summed E-state index contributed by atoms with van der Waals surface area (Å²) in [6.45, 7) is -1.20. The molecule has 11 nitrogen and oxygen atoms in total. The lowest BCUT2D eigenvalue weighted by Crippen LogP contribution is -2.50. The number of nitriles is 1. The van der Waals surface area contributed by atoms with Gasteiger partial charge in [0, 0.05) is 24.7 Å². The Bertz CT molecular complexity index is 1270. The smallest absolute Gasteiger partial charge is 0.257 e. The van der Waals surface area contributed by atoms with Crippen LogP contribution in [-0.4, -0.2) is 79.0 Å². The summed E-state index contributed by atoms with van der Waals surface area (Å²) in [5, 5.41) is 25.3. The van der Waals surface area contributed by atoms with Gasteiger partial charge in [0.2, 0.25) is 11.9 Å². The zero-order chi connectivity index (χ0) is 25.7. The van der Waals surface area contributed by atoms with E-state index in [0.717, 1.165) is 4.68 Å². The average molecular weight is 502 g/mol. The molecular weight excluding hydrogens is 481 g/mol. The highest BCUT2D eigenvalue weighted by atomic mass is 19.3. The number of carbonyl (C=O) groups is 1. The molecule has 0 radical (unpaired) electrons.